The predicted molar refractivity (Wildman–Crippen MR) is 39.2 cm³/mol. The molecule has 9 heavy (non-hydrogen) atoms. The van der Waals surface area contributed by atoms with Crippen LogP contribution in [0.2, 0.25) is 0 Å². The van der Waals surface area contributed by atoms with Gasteiger partial charge in [-0.1, -0.05) is 0 Å². The van der Waals surface area contributed by atoms with Crippen molar-refractivity contribution in [3.63, 3.8) is 0 Å². The predicted octanol–water partition coefficient (Wildman–Crippen LogP) is 1.38. The largest absolute Gasteiger partial charge is 0.340 e. The van der Waals surface area contributed by atoms with Crippen molar-refractivity contribution in [1.82, 2.24) is 4.90 Å². The number of nitrogens with zero attached hydrogens (tertiary/aromatic N) is 2. The first-order chi connectivity index (χ1) is 4.30. The highest BCUT2D eigenvalue weighted by atomic mass is 15.1. The molecule has 0 aliphatic carbocycles. The zero-order valence-electron chi connectivity index (χ0n) is 5.70. The van der Waals surface area contributed by atoms with Gasteiger partial charge in [0.2, 0.25) is 0 Å². The Bertz CT molecular complexity index is 177. The van der Waals surface area contributed by atoms with Crippen LogP contribution in [0.4, 0.5) is 0 Å². The van der Waals surface area contributed by atoms with E-state index in [1.807, 2.05) is 37.2 Å². The number of rotatable bonds is 0. The number of hydrogen-bond donors (Lipinski definition) is 0. The van der Waals surface area contributed by atoms with Crippen molar-refractivity contribution in [2.24, 2.45) is 4.99 Å². The third-order valence-corrected chi connectivity index (χ3v) is 1.28. The van der Waals surface area contributed by atoms with E-state index in [9.17, 15) is 0 Å². The second-order valence-corrected chi connectivity index (χ2v) is 1.97. The van der Waals surface area contributed by atoms with E-state index in [-0.39, 0.29) is 0 Å². The number of hydrogen-bond acceptors (Lipinski definition) is 2. The van der Waals surface area contributed by atoms with Crippen molar-refractivity contribution >= 4 is 5.84 Å². The standard InChI is InChI=1S/C7H10N2/c1-7-8-5-3-4-6-9(7)2/h3-6H,1-2H3. The van der Waals surface area contributed by atoms with Crippen LogP contribution < -0.4 is 0 Å². The molecular formula is C7H10N2. The lowest BCUT2D eigenvalue weighted by atomic mass is 10.5. The van der Waals surface area contributed by atoms with E-state index in [0.717, 1.165) is 5.84 Å². The summed E-state index contributed by atoms with van der Waals surface area (Å²) in [6.45, 7) is 1.97. The van der Waals surface area contributed by atoms with E-state index >= 15 is 0 Å². The summed E-state index contributed by atoms with van der Waals surface area (Å²) in [5.74, 6) is 1.01. The molecule has 1 rings (SSSR count). The van der Waals surface area contributed by atoms with E-state index in [4.69, 9.17) is 0 Å². The van der Waals surface area contributed by atoms with Crippen molar-refractivity contribution in [3.05, 3.63) is 24.6 Å². The minimum Gasteiger partial charge on any atom is -0.340 e. The van der Waals surface area contributed by atoms with Crippen LogP contribution in [0.5, 0.6) is 0 Å². The molecule has 0 aromatic carbocycles. The first kappa shape index (κ1) is 6.08. The molecule has 0 unspecified atom stereocenters. The maximum absolute atomic E-state index is 4.10. The average molecular weight is 122 g/mol. The molecule has 0 saturated heterocycles. The molecule has 0 radical (unpaired) electrons. The number of allylic oxidation sites excluding steroid dienone is 2. The maximum atomic E-state index is 4.10. The van der Waals surface area contributed by atoms with Crippen molar-refractivity contribution < 1.29 is 0 Å². The van der Waals surface area contributed by atoms with Gasteiger partial charge in [0.05, 0.1) is 0 Å². The smallest absolute Gasteiger partial charge is 0.105 e. The zero-order chi connectivity index (χ0) is 6.69. The van der Waals surface area contributed by atoms with Gasteiger partial charge in [-0.25, -0.2) is 4.99 Å². The van der Waals surface area contributed by atoms with Crippen molar-refractivity contribution in [3.8, 4) is 0 Å². The van der Waals surface area contributed by atoms with Gasteiger partial charge >= 0.3 is 0 Å². The molecule has 1 heterocycles. The van der Waals surface area contributed by atoms with Crippen molar-refractivity contribution in [2.75, 3.05) is 7.05 Å². The van der Waals surface area contributed by atoms with Gasteiger partial charge in [0.1, 0.15) is 5.84 Å². The fraction of sp³-hybridized carbons (Fsp3) is 0.286. The topological polar surface area (TPSA) is 15.6 Å². The molecule has 0 aromatic heterocycles. The molecule has 0 N–H and O–H groups in total. The molecule has 0 atom stereocenters. The van der Waals surface area contributed by atoms with E-state index < -0.39 is 0 Å². The number of aliphatic imine (C=N–C) groups is 1. The third kappa shape index (κ3) is 1.42. The summed E-state index contributed by atoms with van der Waals surface area (Å²) in [6, 6.07) is 0. The Hall–Kier alpha value is -1.05. The summed E-state index contributed by atoms with van der Waals surface area (Å²) < 4.78 is 0. The summed E-state index contributed by atoms with van der Waals surface area (Å²) in [6.07, 6.45) is 7.63. The summed E-state index contributed by atoms with van der Waals surface area (Å²) in [5, 5.41) is 0. The van der Waals surface area contributed by atoms with Gasteiger partial charge in [-0.3, -0.25) is 0 Å². The van der Waals surface area contributed by atoms with Gasteiger partial charge in [-0.2, -0.15) is 0 Å². The van der Waals surface area contributed by atoms with E-state index in [0.29, 0.717) is 0 Å². The molecule has 2 heteroatoms. The van der Waals surface area contributed by atoms with Gasteiger partial charge in [0.15, 0.2) is 0 Å². The van der Waals surface area contributed by atoms with Gasteiger partial charge in [0, 0.05) is 19.4 Å². The van der Waals surface area contributed by atoms with Crippen LogP contribution in [0.15, 0.2) is 29.5 Å². The molecule has 0 bridgehead atoms. The van der Waals surface area contributed by atoms with Crippen molar-refractivity contribution in [1.29, 1.82) is 0 Å². The lowest BCUT2D eigenvalue weighted by Crippen LogP contribution is -2.16. The fourth-order valence-electron chi connectivity index (χ4n) is 0.578. The van der Waals surface area contributed by atoms with E-state index in [1.165, 1.54) is 0 Å². The fourth-order valence-corrected chi connectivity index (χ4v) is 0.578. The lowest BCUT2D eigenvalue weighted by molar-refractivity contribution is 0.685. The Morgan fingerprint density at radius 3 is 3.00 bits per heavy atom. The Kier molecular flexibility index (Phi) is 1.68. The molecule has 0 saturated carbocycles. The summed E-state index contributed by atoms with van der Waals surface area (Å²) >= 11 is 0. The molecule has 0 aromatic rings. The Labute approximate surface area is 55.2 Å². The summed E-state index contributed by atoms with van der Waals surface area (Å²) in [7, 11) is 1.97. The van der Waals surface area contributed by atoms with Crippen molar-refractivity contribution in [2.45, 2.75) is 6.92 Å². The van der Waals surface area contributed by atoms with Gasteiger partial charge < -0.3 is 4.90 Å². The molecule has 0 spiro atoms. The second kappa shape index (κ2) is 2.49. The minimum atomic E-state index is 1.01. The molecule has 0 fully saturated rings. The normalized spacial score (nSPS) is 17.6. The third-order valence-electron chi connectivity index (χ3n) is 1.28. The van der Waals surface area contributed by atoms with Crippen LogP contribution >= 0.6 is 0 Å². The Morgan fingerprint density at radius 2 is 2.22 bits per heavy atom. The highest BCUT2D eigenvalue weighted by molar-refractivity contribution is 5.81. The van der Waals surface area contributed by atoms with Crippen LogP contribution in [-0.4, -0.2) is 17.8 Å². The van der Waals surface area contributed by atoms with Gasteiger partial charge in [-0.15, -0.1) is 0 Å². The monoisotopic (exact) mass is 122 g/mol. The Morgan fingerprint density at radius 1 is 1.44 bits per heavy atom. The SMILES string of the molecule is CC1=NC=CC=CN1C. The molecule has 1 aliphatic heterocycles. The molecule has 2 nitrogen and oxygen atoms in total. The van der Waals surface area contributed by atoms with Gasteiger partial charge in [0.25, 0.3) is 0 Å². The maximum Gasteiger partial charge on any atom is 0.105 e. The highest BCUT2D eigenvalue weighted by Gasteiger charge is 1.93. The minimum absolute atomic E-state index is 1.01. The summed E-state index contributed by atoms with van der Waals surface area (Å²) in [4.78, 5) is 6.08. The molecule has 48 valence electrons. The molecule has 1 aliphatic rings. The quantitative estimate of drug-likeness (QED) is 0.474. The number of amidine groups is 1. The van der Waals surface area contributed by atoms with E-state index in [1.54, 1.807) is 6.20 Å². The lowest BCUT2D eigenvalue weighted by Gasteiger charge is -2.09. The highest BCUT2D eigenvalue weighted by Crippen LogP contribution is 1.94. The van der Waals surface area contributed by atoms with Crippen LogP contribution in [0, 0.1) is 0 Å². The first-order valence-electron chi connectivity index (χ1n) is 2.91. The zero-order valence-corrected chi connectivity index (χ0v) is 5.70. The second-order valence-electron chi connectivity index (χ2n) is 1.97. The van der Waals surface area contributed by atoms with Crippen LogP contribution in [0.1, 0.15) is 6.92 Å². The first-order valence-corrected chi connectivity index (χ1v) is 2.91. The molecule has 0 amide bonds. The summed E-state index contributed by atoms with van der Waals surface area (Å²) in [5.41, 5.74) is 0. The molecular weight excluding hydrogens is 112 g/mol. The van der Waals surface area contributed by atoms with E-state index in [2.05, 4.69) is 4.99 Å². The van der Waals surface area contributed by atoms with Crippen LogP contribution in [0.25, 0.3) is 0 Å². The average Bonchev–Trinajstić information content (AvgIpc) is 1.99. The Balaban J connectivity index is 2.80. The van der Waals surface area contributed by atoms with Crippen LogP contribution in [0.3, 0.4) is 0 Å². The van der Waals surface area contributed by atoms with Crippen LogP contribution in [-0.2, 0) is 0 Å². The van der Waals surface area contributed by atoms with Gasteiger partial charge in [-0.05, 0) is 19.1 Å².